The summed E-state index contributed by atoms with van der Waals surface area (Å²) in [4.78, 5) is 0. The Morgan fingerprint density at radius 1 is 1.60 bits per heavy atom. The van der Waals surface area contributed by atoms with Gasteiger partial charge in [0.2, 0.25) is 0 Å². The molecule has 0 unspecified atom stereocenters. The van der Waals surface area contributed by atoms with Crippen LogP contribution < -0.4 is 59.1 Å². The number of aliphatic hydroxyl groups is 1. The Morgan fingerprint density at radius 2 is 1.60 bits per heavy atom. The summed E-state index contributed by atoms with van der Waals surface area (Å²) in [5.74, 6) is 0. The van der Waals surface area contributed by atoms with Crippen molar-refractivity contribution >= 4 is 0 Å². The Balaban J connectivity index is -0.00000000333. The number of hydrogen-bond donors (Lipinski definition) is 1. The van der Waals surface area contributed by atoms with Crippen LogP contribution in [0.2, 0.25) is 0 Å². The normalized spacial score (nSPS) is 3.60. The average Bonchev–Trinajstić information content (AvgIpc) is 0.918. The molecule has 0 aliphatic heterocycles. The van der Waals surface area contributed by atoms with E-state index in [1.807, 2.05) is 0 Å². The SMILES string of the molecule is CCO.[H-].[H-].[Na+].[Na+]. The maximum Gasteiger partial charge on any atom is 1.00 e. The molecule has 0 amide bonds. The zero-order chi connectivity index (χ0) is 2.71. The minimum absolute atomic E-state index is 0. The van der Waals surface area contributed by atoms with Crippen LogP contribution in [0.15, 0.2) is 0 Å². The standard InChI is InChI=1S/C2H6O.2Na.2H/c1-2-3;;;;/h3H,2H2,1H3;;;;/q;2*+1;2*-1. The van der Waals surface area contributed by atoms with E-state index in [-0.39, 0.29) is 68.6 Å². The summed E-state index contributed by atoms with van der Waals surface area (Å²) in [6, 6.07) is 0. The van der Waals surface area contributed by atoms with E-state index in [1.54, 1.807) is 6.92 Å². The Kier molecular flexibility index (Phi) is 52.8. The fraction of sp³-hybridized carbons (Fsp3) is 1.00. The molecule has 0 aliphatic carbocycles. The first-order valence-corrected chi connectivity index (χ1v) is 1.02. The second-order valence-corrected chi connectivity index (χ2v) is 0.316. The van der Waals surface area contributed by atoms with E-state index in [9.17, 15) is 0 Å². The van der Waals surface area contributed by atoms with Gasteiger partial charge in [-0.15, -0.1) is 0 Å². The first-order valence-electron chi connectivity index (χ1n) is 1.02. The topological polar surface area (TPSA) is 20.2 Å². The van der Waals surface area contributed by atoms with Gasteiger partial charge >= 0.3 is 59.1 Å². The van der Waals surface area contributed by atoms with Gasteiger partial charge in [-0.2, -0.15) is 0 Å². The van der Waals surface area contributed by atoms with Gasteiger partial charge in [-0.25, -0.2) is 0 Å². The van der Waals surface area contributed by atoms with Crippen LogP contribution in [0.1, 0.15) is 9.78 Å². The van der Waals surface area contributed by atoms with Crippen molar-refractivity contribution in [1.29, 1.82) is 0 Å². The summed E-state index contributed by atoms with van der Waals surface area (Å²) in [5, 5.41) is 7.57. The van der Waals surface area contributed by atoms with Crippen LogP contribution in [0.3, 0.4) is 0 Å². The number of rotatable bonds is 0. The van der Waals surface area contributed by atoms with E-state index in [4.69, 9.17) is 5.11 Å². The number of aliphatic hydroxyl groups excluding tert-OH is 1. The molecule has 1 nitrogen and oxygen atoms in total. The molecule has 5 heavy (non-hydrogen) atoms. The maximum atomic E-state index is 7.57. The van der Waals surface area contributed by atoms with Gasteiger partial charge in [-0.3, -0.25) is 0 Å². The third kappa shape index (κ3) is 24.3. The van der Waals surface area contributed by atoms with Crippen molar-refractivity contribution < 1.29 is 67.1 Å². The predicted molar refractivity (Wildman–Crippen MR) is 15.0 cm³/mol. The minimum atomic E-state index is 0. The van der Waals surface area contributed by atoms with E-state index in [0.717, 1.165) is 0 Å². The van der Waals surface area contributed by atoms with Gasteiger partial charge in [0.25, 0.3) is 0 Å². The van der Waals surface area contributed by atoms with Gasteiger partial charge in [0.05, 0.1) is 0 Å². The zero-order valence-electron chi connectivity index (χ0n) is 6.15. The molecule has 0 rings (SSSR count). The van der Waals surface area contributed by atoms with Gasteiger partial charge in [0.1, 0.15) is 0 Å². The molecule has 3 heteroatoms. The summed E-state index contributed by atoms with van der Waals surface area (Å²) in [6.07, 6.45) is 0. The zero-order valence-corrected chi connectivity index (χ0v) is 8.15. The molecule has 0 saturated heterocycles. The molecule has 24 valence electrons. The molecule has 0 aliphatic rings. The molecule has 0 atom stereocenters. The summed E-state index contributed by atoms with van der Waals surface area (Å²) in [7, 11) is 0. The van der Waals surface area contributed by atoms with Crippen molar-refractivity contribution in [3.05, 3.63) is 0 Å². The summed E-state index contributed by atoms with van der Waals surface area (Å²) in [6.45, 7) is 1.93. The second kappa shape index (κ2) is 16.7. The Morgan fingerprint density at radius 3 is 1.60 bits per heavy atom. The van der Waals surface area contributed by atoms with Gasteiger partial charge in [-0.05, 0) is 6.92 Å². The molecular weight excluding hydrogens is 86.0 g/mol. The van der Waals surface area contributed by atoms with Crippen molar-refractivity contribution in [3.63, 3.8) is 0 Å². The van der Waals surface area contributed by atoms with Crippen molar-refractivity contribution in [2.75, 3.05) is 6.61 Å². The van der Waals surface area contributed by atoms with Crippen molar-refractivity contribution in [2.24, 2.45) is 0 Å². The van der Waals surface area contributed by atoms with E-state index in [1.165, 1.54) is 0 Å². The molecule has 0 aromatic rings. The van der Waals surface area contributed by atoms with Crippen molar-refractivity contribution in [1.82, 2.24) is 0 Å². The van der Waals surface area contributed by atoms with Crippen LogP contribution in [-0.4, -0.2) is 11.7 Å². The van der Waals surface area contributed by atoms with Crippen LogP contribution in [-0.2, 0) is 0 Å². The Hall–Kier alpha value is 1.96. The molecule has 0 fully saturated rings. The average molecular weight is 94.1 g/mol. The smallest absolute Gasteiger partial charge is 1.00 e. The van der Waals surface area contributed by atoms with E-state index in [2.05, 4.69) is 0 Å². The number of hydrogen-bond acceptors (Lipinski definition) is 1. The van der Waals surface area contributed by atoms with Crippen LogP contribution >= 0.6 is 0 Å². The van der Waals surface area contributed by atoms with Gasteiger partial charge in [0.15, 0.2) is 0 Å². The fourth-order valence-corrected chi connectivity index (χ4v) is 0. The first kappa shape index (κ1) is 15.8. The first-order chi connectivity index (χ1) is 1.41. The molecule has 1 N–H and O–H groups in total. The quantitative estimate of drug-likeness (QED) is 0.296. The summed E-state index contributed by atoms with van der Waals surface area (Å²) < 4.78 is 0. The van der Waals surface area contributed by atoms with Crippen LogP contribution in [0.4, 0.5) is 0 Å². The van der Waals surface area contributed by atoms with Gasteiger partial charge < -0.3 is 7.96 Å². The minimum Gasteiger partial charge on any atom is -1.00 e. The Bertz CT molecular complexity index is 13.7. The summed E-state index contributed by atoms with van der Waals surface area (Å²) >= 11 is 0. The van der Waals surface area contributed by atoms with Crippen LogP contribution in [0, 0.1) is 0 Å². The monoisotopic (exact) mass is 94.0 g/mol. The van der Waals surface area contributed by atoms with Crippen LogP contribution in [0.25, 0.3) is 0 Å². The molecule has 0 spiro atoms. The molecule has 0 heterocycles. The Labute approximate surface area is 79.7 Å². The van der Waals surface area contributed by atoms with E-state index in [0.29, 0.717) is 0 Å². The second-order valence-electron chi connectivity index (χ2n) is 0.316. The van der Waals surface area contributed by atoms with E-state index < -0.39 is 0 Å². The molecule has 0 radical (unpaired) electrons. The van der Waals surface area contributed by atoms with Crippen molar-refractivity contribution in [2.45, 2.75) is 6.92 Å². The van der Waals surface area contributed by atoms with Crippen LogP contribution in [0.5, 0.6) is 0 Å². The maximum absolute atomic E-state index is 7.57. The van der Waals surface area contributed by atoms with Gasteiger partial charge in [-0.1, -0.05) is 0 Å². The predicted octanol–water partition coefficient (Wildman–Crippen LogP) is -5.77. The van der Waals surface area contributed by atoms with Crippen molar-refractivity contribution in [3.8, 4) is 0 Å². The van der Waals surface area contributed by atoms with Gasteiger partial charge in [0, 0.05) is 6.61 Å². The molecule has 0 saturated carbocycles. The largest absolute Gasteiger partial charge is 1.00 e. The molecule has 0 aromatic carbocycles. The fourth-order valence-electron chi connectivity index (χ4n) is 0. The molecular formula is C2H8Na2O. The molecule has 0 aromatic heterocycles. The third-order valence-electron chi connectivity index (χ3n) is 0. The summed E-state index contributed by atoms with van der Waals surface area (Å²) in [5.41, 5.74) is 0. The van der Waals surface area contributed by atoms with E-state index >= 15 is 0 Å². The third-order valence-corrected chi connectivity index (χ3v) is 0. The molecule has 0 bridgehead atoms.